The number of hydrogen-bond acceptors (Lipinski definition) is 5. The normalized spacial score (nSPS) is 19.2. The molecule has 0 radical (unpaired) electrons. The molecule has 1 aromatic rings. The van der Waals surface area contributed by atoms with Crippen molar-refractivity contribution in [2.24, 2.45) is 5.73 Å². The van der Waals surface area contributed by atoms with Crippen LogP contribution in [-0.4, -0.2) is 29.5 Å². The molecule has 2 heterocycles. The summed E-state index contributed by atoms with van der Waals surface area (Å²) in [4.78, 5) is 0. The van der Waals surface area contributed by atoms with Crippen molar-refractivity contribution in [3.63, 3.8) is 0 Å². The minimum absolute atomic E-state index is 0.0850. The van der Waals surface area contributed by atoms with Gasteiger partial charge in [0.2, 0.25) is 5.88 Å². The third-order valence-electron chi connectivity index (χ3n) is 3.29. The molecule has 1 aromatic heterocycles. The Morgan fingerprint density at radius 2 is 2.11 bits per heavy atom. The number of aryl methyl sites for hydroxylation is 1. The van der Waals surface area contributed by atoms with Crippen molar-refractivity contribution in [3.05, 3.63) is 16.8 Å². The van der Waals surface area contributed by atoms with Crippen LogP contribution >= 0.6 is 0 Å². The van der Waals surface area contributed by atoms with Crippen LogP contribution in [0.1, 0.15) is 37.1 Å². The molecule has 2 rings (SSSR count). The highest BCUT2D eigenvalue weighted by atomic mass is 16.5. The zero-order chi connectivity index (χ0) is 13.0. The fourth-order valence-corrected chi connectivity index (χ4v) is 2.30. The highest BCUT2D eigenvalue weighted by Crippen LogP contribution is 2.24. The van der Waals surface area contributed by atoms with Crippen molar-refractivity contribution in [2.75, 3.05) is 13.2 Å². The van der Waals surface area contributed by atoms with Gasteiger partial charge in [0.1, 0.15) is 6.10 Å². The number of hydrogen-bond donors (Lipinski definition) is 1. The summed E-state index contributed by atoms with van der Waals surface area (Å²) in [7, 11) is 0. The van der Waals surface area contributed by atoms with E-state index in [0.717, 1.165) is 37.1 Å². The van der Waals surface area contributed by atoms with Crippen LogP contribution in [0.2, 0.25) is 0 Å². The average molecular weight is 251 g/mol. The number of aromatic nitrogens is 2. The van der Waals surface area contributed by atoms with Crippen LogP contribution in [0.15, 0.2) is 0 Å². The third-order valence-corrected chi connectivity index (χ3v) is 3.29. The van der Waals surface area contributed by atoms with Gasteiger partial charge < -0.3 is 15.2 Å². The van der Waals surface area contributed by atoms with E-state index in [1.807, 2.05) is 0 Å². The summed E-state index contributed by atoms with van der Waals surface area (Å²) >= 11 is 0. The lowest BCUT2D eigenvalue weighted by atomic mass is 10.0. The monoisotopic (exact) mass is 251 g/mol. The molecule has 0 aliphatic carbocycles. The Labute approximate surface area is 108 Å². The van der Waals surface area contributed by atoms with Crippen LogP contribution in [0.3, 0.4) is 0 Å². The number of rotatable bonds is 5. The summed E-state index contributed by atoms with van der Waals surface area (Å²) in [5, 5.41) is 8.43. The molecule has 1 fully saturated rings. The number of ether oxygens (including phenoxy) is 2. The summed E-state index contributed by atoms with van der Waals surface area (Å²) < 4.78 is 11.2. The van der Waals surface area contributed by atoms with Gasteiger partial charge in [-0.2, -0.15) is 5.10 Å². The van der Waals surface area contributed by atoms with Gasteiger partial charge >= 0.3 is 0 Å². The van der Waals surface area contributed by atoms with Crippen LogP contribution in [0.4, 0.5) is 0 Å². The molecule has 5 heteroatoms. The molecule has 0 amide bonds. The Morgan fingerprint density at radius 3 is 2.67 bits per heavy atom. The summed E-state index contributed by atoms with van der Waals surface area (Å²) in [6.45, 7) is 6.01. The second-order valence-electron chi connectivity index (χ2n) is 4.42. The molecule has 1 saturated heterocycles. The topological polar surface area (TPSA) is 70.3 Å². The van der Waals surface area contributed by atoms with Gasteiger partial charge in [-0.05, 0) is 18.4 Å². The van der Waals surface area contributed by atoms with Crippen LogP contribution < -0.4 is 10.5 Å². The molecule has 0 spiro atoms. The first-order valence-corrected chi connectivity index (χ1v) is 6.61. The lowest BCUT2D eigenvalue weighted by Crippen LogP contribution is -2.20. The van der Waals surface area contributed by atoms with E-state index in [4.69, 9.17) is 15.2 Å². The van der Waals surface area contributed by atoms with E-state index in [9.17, 15) is 0 Å². The minimum atomic E-state index is 0.0850. The first kappa shape index (κ1) is 13.2. The Morgan fingerprint density at radius 1 is 1.28 bits per heavy atom. The molecule has 1 aliphatic rings. The van der Waals surface area contributed by atoms with Gasteiger partial charge in [-0.15, -0.1) is 5.10 Å². The molecule has 18 heavy (non-hydrogen) atoms. The van der Waals surface area contributed by atoms with Crippen LogP contribution in [0.5, 0.6) is 5.88 Å². The van der Waals surface area contributed by atoms with Crippen molar-refractivity contribution in [3.8, 4) is 5.88 Å². The molecule has 5 nitrogen and oxygen atoms in total. The van der Waals surface area contributed by atoms with Crippen LogP contribution in [0, 0.1) is 0 Å². The van der Waals surface area contributed by atoms with Crippen molar-refractivity contribution in [2.45, 2.75) is 45.8 Å². The van der Waals surface area contributed by atoms with E-state index in [1.54, 1.807) is 0 Å². The summed E-state index contributed by atoms with van der Waals surface area (Å²) in [5.74, 6) is 0.585. The lowest BCUT2D eigenvalue weighted by Gasteiger charge is -2.17. The first-order valence-electron chi connectivity index (χ1n) is 6.61. The van der Waals surface area contributed by atoms with Crippen molar-refractivity contribution in [1.82, 2.24) is 10.2 Å². The first-order chi connectivity index (χ1) is 8.80. The highest BCUT2D eigenvalue weighted by molar-refractivity contribution is 5.37. The standard InChI is InChI=1S/C13H21N3O2/c1-3-10-11(7-14)13(16-15-12(10)4-2)18-9-5-6-17-8-9/h9H,3-8,14H2,1-2H3. The predicted octanol–water partition coefficient (Wildman–Crippen LogP) is 1.23. The van der Waals surface area contributed by atoms with Gasteiger partial charge in [0.05, 0.1) is 18.9 Å². The Balaban J connectivity index is 2.28. The highest BCUT2D eigenvalue weighted by Gasteiger charge is 2.21. The zero-order valence-corrected chi connectivity index (χ0v) is 11.1. The molecule has 1 atom stereocenters. The summed E-state index contributed by atoms with van der Waals surface area (Å²) in [6, 6.07) is 0. The van der Waals surface area contributed by atoms with E-state index >= 15 is 0 Å². The lowest BCUT2D eigenvalue weighted by molar-refractivity contribution is 0.136. The molecule has 100 valence electrons. The van der Waals surface area contributed by atoms with Gasteiger partial charge in [-0.3, -0.25) is 0 Å². The van der Waals surface area contributed by atoms with E-state index in [0.29, 0.717) is 19.0 Å². The van der Waals surface area contributed by atoms with Crippen molar-refractivity contribution >= 4 is 0 Å². The summed E-state index contributed by atoms with van der Waals surface area (Å²) in [5.41, 5.74) is 9.05. The number of nitrogens with two attached hydrogens (primary N) is 1. The van der Waals surface area contributed by atoms with Crippen molar-refractivity contribution < 1.29 is 9.47 Å². The Bertz CT molecular complexity index is 403. The minimum Gasteiger partial charge on any atom is -0.470 e. The largest absolute Gasteiger partial charge is 0.470 e. The van der Waals surface area contributed by atoms with Gasteiger partial charge in [0.25, 0.3) is 0 Å². The van der Waals surface area contributed by atoms with Crippen LogP contribution in [0.25, 0.3) is 0 Å². The zero-order valence-electron chi connectivity index (χ0n) is 11.1. The molecular weight excluding hydrogens is 230 g/mol. The van der Waals surface area contributed by atoms with E-state index in [2.05, 4.69) is 24.0 Å². The Hall–Kier alpha value is -1.20. The predicted molar refractivity (Wildman–Crippen MR) is 68.5 cm³/mol. The second-order valence-corrected chi connectivity index (χ2v) is 4.42. The van der Waals surface area contributed by atoms with E-state index in [1.165, 1.54) is 5.56 Å². The van der Waals surface area contributed by atoms with Gasteiger partial charge in [0, 0.05) is 18.5 Å². The van der Waals surface area contributed by atoms with E-state index in [-0.39, 0.29) is 6.10 Å². The van der Waals surface area contributed by atoms with E-state index < -0.39 is 0 Å². The molecule has 0 aromatic carbocycles. The van der Waals surface area contributed by atoms with Crippen molar-refractivity contribution in [1.29, 1.82) is 0 Å². The maximum atomic E-state index is 5.86. The van der Waals surface area contributed by atoms with Gasteiger partial charge in [0.15, 0.2) is 0 Å². The number of nitrogens with zero attached hydrogens (tertiary/aromatic N) is 2. The SMILES string of the molecule is CCc1nnc(OC2CCOC2)c(CN)c1CC. The smallest absolute Gasteiger partial charge is 0.238 e. The maximum absolute atomic E-state index is 5.86. The van der Waals surface area contributed by atoms with Gasteiger partial charge in [-0.1, -0.05) is 13.8 Å². The fourth-order valence-electron chi connectivity index (χ4n) is 2.30. The third kappa shape index (κ3) is 2.62. The average Bonchev–Trinajstić information content (AvgIpc) is 2.90. The molecular formula is C13H21N3O2. The fraction of sp³-hybridized carbons (Fsp3) is 0.692. The molecule has 0 saturated carbocycles. The molecule has 1 unspecified atom stereocenters. The quantitative estimate of drug-likeness (QED) is 0.852. The summed E-state index contributed by atoms with van der Waals surface area (Å²) in [6.07, 6.45) is 2.77. The maximum Gasteiger partial charge on any atom is 0.238 e. The molecule has 0 bridgehead atoms. The molecule has 1 aliphatic heterocycles. The van der Waals surface area contributed by atoms with Gasteiger partial charge in [-0.25, -0.2) is 0 Å². The molecule has 2 N–H and O–H groups in total. The van der Waals surface area contributed by atoms with Crippen LogP contribution in [-0.2, 0) is 24.1 Å². The second kappa shape index (κ2) is 6.11. The Kier molecular flexibility index (Phi) is 4.49.